The number of hydrogen-bond acceptors (Lipinski definition) is 5. The van der Waals surface area contributed by atoms with Crippen molar-refractivity contribution in [3.63, 3.8) is 0 Å². The van der Waals surface area contributed by atoms with Crippen LogP contribution >= 0.6 is 0 Å². The molecule has 1 atom stereocenters. The van der Waals surface area contributed by atoms with Gasteiger partial charge in [0.05, 0.1) is 26.5 Å². The fourth-order valence-corrected chi connectivity index (χ4v) is 3.43. The lowest BCUT2D eigenvalue weighted by Crippen LogP contribution is -2.18. The van der Waals surface area contributed by atoms with E-state index in [4.69, 9.17) is 14.2 Å². The molecule has 3 rings (SSSR count). The van der Waals surface area contributed by atoms with Crippen molar-refractivity contribution in [1.82, 2.24) is 9.99 Å². The Morgan fingerprint density at radius 2 is 2.07 bits per heavy atom. The number of carbonyl (C=O) groups is 1. The normalized spacial score (nSPS) is 16.5. The van der Waals surface area contributed by atoms with Gasteiger partial charge in [0, 0.05) is 35.7 Å². The maximum atomic E-state index is 12.3. The van der Waals surface area contributed by atoms with Gasteiger partial charge in [-0.15, -0.1) is 0 Å². The Hall–Kier alpha value is -2.80. The lowest BCUT2D eigenvalue weighted by Gasteiger charge is -2.14. The summed E-state index contributed by atoms with van der Waals surface area (Å²) in [5.74, 6) is 0.753. The molecule has 1 aromatic carbocycles. The summed E-state index contributed by atoms with van der Waals surface area (Å²) in [7, 11) is 3.08. The molecule has 1 aliphatic rings. The van der Waals surface area contributed by atoms with E-state index in [9.17, 15) is 4.79 Å². The monoisotopic (exact) mass is 385 g/mol. The Labute approximate surface area is 165 Å². The summed E-state index contributed by atoms with van der Waals surface area (Å²) in [5, 5.41) is 4.12. The molecule has 0 bridgehead atoms. The Bertz CT molecular complexity index is 867. The number of rotatable bonds is 7. The van der Waals surface area contributed by atoms with Crippen molar-refractivity contribution in [2.45, 2.75) is 39.3 Å². The number of methoxy groups -OCH3 is 2. The molecule has 1 N–H and O–H groups in total. The van der Waals surface area contributed by atoms with Crippen LogP contribution in [0.2, 0.25) is 0 Å². The summed E-state index contributed by atoms with van der Waals surface area (Å²) in [4.78, 5) is 12.3. The van der Waals surface area contributed by atoms with Crippen LogP contribution in [0.5, 0.6) is 11.5 Å². The summed E-state index contributed by atoms with van der Waals surface area (Å²) in [6.07, 6.45) is 4.18. The number of carbonyl (C=O) groups excluding carboxylic acids is 1. The van der Waals surface area contributed by atoms with E-state index in [1.165, 1.54) is 7.11 Å². The Morgan fingerprint density at radius 3 is 2.75 bits per heavy atom. The average Bonchev–Trinajstić information content (AvgIpc) is 3.31. The Morgan fingerprint density at radius 1 is 1.29 bits per heavy atom. The zero-order valence-corrected chi connectivity index (χ0v) is 16.8. The minimum atomic E-state index is -0.314. The zero-order valence-electron chi connectivity index (χ0n) is 16.8. The molecular formula is C21H27N3O4. The molecule has 1 saturated heterocycles. The summed E-state index contributed by atoms with van der Waals surface area (Å²) < 4.78 is 18.4. The maximum absolute atomic E-state index is 12.3. The zero-order chi connectivity index (χ0) is 20.1. The number of aromatic nitrogens is 1. The van der Waals surface area contributed by atoms with Crippen molar-refractivity contribution >= 4 is 12.1 Å². The van der Waals surface area contributed by atoms with Crippen LogP contribution in [0.25, 0.3) is 0 Å². The van der Waals surface area contributed by atoms with Crippen LogP contribution in [0.15, 0.2) is 29.4 Å². The lowest BCUT2D eigenvalue weighted by atomic mass is 10.2. The molecule has 0 aliphatic carbocycles. The first-order valence-corrected chi connectivity index (χ1v) is 9.37. The molecule has 2 heterocycles. The van der Waals surface area contributed by atoms with Gasteiger partial charge in [0.25, 0.3) is 5.91 Å². The maximum Gasteiger partial charge on any atom is 0.271 e. The first-order valence-electron chi connectivity index (χ1n) is 9.37. The molecule has 7 nitrogen and oxygen atoms in total. The number of ether oxygens (including phenoxy) is 3. The fourth-order valence-electron chi connectivity index (χ4n) is 3.43. The summed E-state index contributed by atoms with van der Waals surface area (Å²) >= 11 is 0. The minimum absolute atomic E-state index is 0.277. The molecular weight excluding hydrogens is 358 g/mol. The van der Waals surface area contributed by atoms with Gasteiger partial charge in [-0.05, 0) is 51.0 Å². The van der Waals surface area contributed by atoms with Gasteiger partial charge < -0.3 is 18.8 Å². The van der Waals surface area contributed by atoms with Gasteiger partial charge >= 0.3 is 0 Å². The predicted molar refractivity (Wildman–Crippen MR) is 107 cm³/mol. The molecule has 7 heteroatoms. The minimum Gasteiger partial charge on any atom is -0.493 e. The van der Waals surface area contributed by atoms with E-state index in [2.05, 4.69) is 35.0 Å². The topological polar surface area (TPSA) is 74.1 Å². The van der Waals surface area contributed by atoms with Crippen LogP contribution in [-0.4, -0.2) is 43.6 Å². The molecule has 0 spiro atoms. The molecule has 0 radical (unpaired) electrons. The molecule has 150 valence electrons. The van der Waals surface area contributed by atoms with E-state index in [1.54, 1.807) is 31.5 Å². The Balaban J connectivity index is 1.66. The third kappa shape index (κ3) is 4.36. The van der Waals surface area contributed by atoms with Gasteiger partial charge in [-0.2, -0.15) is 5.10 Å². The highest BCUT2D eigenvalue weighted by Gasteiger charge is 2.18. The lowest BCUT2D eigenvalue weighted by molar-refractivity contribution is 0.0954. The SMILES string of the molecule is COc1ccc(C(=O)N/N=C\c2cc(C)n(C[C@H]3CCCO3)c2C)cc1OC. The number of hydrazone groups is 1. The van der Waals surface area contributed by atoms with Crippen LogP contribution in [0.4, 0.5) is 0 Å². The highest BCUT2D eigenvalue weighted by molar-refractivity contribution is 5.95. The van der Waals surface area contributed by atoms with Gasteiger partial charge in [0.2, 0.25) is 0 Å². The van der Waals surface area contributed by atoms with Crippen molar-refractivity contribution < 1.29 is 19.0 Å². The van der Waals surface area contributed by atoms with Crippen molar-refractivity contribution in [3.05, 3.63) is 46.8 Å². The number of amides is 1. The second-order valence-corrected chi connectivity index (χ2v) is 6.84. The van der Waals surface area contributed by atoms with Gasteiger partial charge in [-0.1, -0.05) is 0 Å². The van der Waals surface area contributed by atoms with Gasteiger partial charge in [-0.3, -0.25) is 4.79 Å². The van der Waals surface area contributed by atoms with Crippen LogP contribution in [0.1, 0.15) is 40.2 Å². The van der Waals surface area contributed by atoms with Crippen LogP contribution in [-0.2, 0) is 11.3 Å². The fraction of sp³-hybridized carbons (Fsp3) is 0.429. The average molecular weight is 385 g/mol. The van der Waals surface area contributed by atoms with E-state index in [1.807, 2.05) is 0 Å². The van der Waals surface area contributed by atoms with Crippen molar-refractivity contribution in [2.75, 3.05) is 20.8 Å². The van der Waals surface area contributed by atoms with Crippen molar-refractivity contribution in [1.29, 1.82) is 0 Å². The van der Waals surface area contributed by atoms with E-state index >= 15 is 0 Å². The quantitative estimate of drug-likeness (QED) is 0.587. The van der Waals surface area contributed by atoms with Crippen molar-refractivity contribution in [3.8, 4) is 11.5 Å². The van der Waals surface area contributed by atoms with E-state index in [-0.39, 0.29) is 12.0 Å². The van der Waals surface area contributed by atoms with E-state index in [0.29, 0.717) is 17.1 Å². The largest absolute Gasteiger partial charge is 0.493 e. The smallest absolute Gasteiger partial charge is 0.271 e. The molecule has 0 unspecified atom stereocenters. The van der Waals surface area contributed by atoms with Crippen LogP contribution < -0.4 is 14.9 Å². The number of aryl methyl sites for hydroxylation is 1. The molecule has 1 fully saturated rings. The highest BCUT2D eigenvalue weighted by Crippen LogP contribution is 2.27. The standard InChI is InChI=1S/C21H27N3O4/c1-14-10-17(15(2)24(14)13-18-6-5-9-28-18)12-22-23-21(25)16-7-8-19(26-3)20(11-16)27-4/h7-8,10-12,18H,5-6,9,13H2,1-4H3,(H,23,25)/b22-12-/t18-/m1/s1. The van der Waals surface area contributed by atoms with Gasteiger partial charge in [-0.25, -0.2) is 5.43 Å². The number of benzene rings is 1. The molecule has 1 aromatic heterocycles. The first kappa shape index (κ1) is 19.9. The van der Waals surface area contributed by atoms with Crippen LogP contribution in [0.3, 0.4) is 0 Å². The third-order valence-electron chi connectivity index (χ3n) is 5.04. The number of nitrogens with zero attached hydrogens (tertiary/aromatic N) is 2. The molecule has 1 aliphatic heterocycles. The molecule has 2 aromatic rings. The Kier molecular flexibility index (Phi) is 6.36. The summed E-state index contributed by atoms with van der Waals surface area (Å²) in [5.41, 5.74) is 6.25. The van der Waals surface area contributed by atoms with Crippen molar-refractivity contribution in [2.24, 2.45) is 5.10 Å². The molecule has 0 saturated carbocycles. The van der Waals surface area contributed by atoms with E-state index < -0.39 is 0 Å². The van der Waals surface area contributed by atoms with E-state index in [0.717, 1.165) is 42.9 Å². The predicted octanol–water partition coefficient (Wildman–Crippen LogP) is 3.07. The van der Waals surface area contributed by atoms with Gasteiger partial charge in [0.15, 0.2) is 11.5 Å². The van der Waals surface area contributed by atoms with Gasteiger partial charge in [0.1, 0.15) is 0 Å². The number of hydrogen-bond donors (Lipinski definition) is 1. The summed E-state index contributed by atoms with van der Waals surface area (Å²) in [6.45, 7) is 5.82. The molecule has 28 heavy (non-hydrogen) atoms. The summed E-state index contributed by atoms with van der Waals surface area (Å²) in [6, 6.07) is 7.05. The number of nitrogens with one attached hydrogen (secondary N) is 1. The highest BCUT2D eigenvalue weighted by atomic mass is 16.5. The first-order chi connectivity index (χ1) is 13.5. The second kappa shape index (κ2) is 8.93. The third-order valence-corrected chi connectivity index (χ3v) is 5.04. The second-order valence-electron chi connectivity index (χ2n) is 6.84. The molecule has 1 amide bonds. The van der Waals surface area contributed by atoms with Crippen LogP contribution in [0, 0.1) is 13.8 Å².